The third-order valence-corrected chi connectivity index (χ3v) is 4.58. The van der Waals surface area contributed by atoms with E-state index in [2.05, 4.69) is 26.0 Å². The molecule has 2 N–H and O–H groups in total. The summed E-state index contributed by atoms with van der Waals surface area (Å²) in [7, 11) is 3.59. The molecule has 0 amide bonds. The third kappa shape index (κ3) is 3.40. The molecule has 3 aromatic rings. The Morgan fingerprint density at radius 2 is 2.08 bits per heavy atom. The van der Waals surface area contributed by atoms with Gasteiger partial charge in [-0.15, -0.1) is 11.3 Å². The van der Waals surface area contributed by atoms with Crippen LogP contribution in [0, 0.1) is 11.3 Å². The maximum atomic E-state index is 9.46. The zero-order valence-corrected chi connectivity index (χ0v) is 14.6. The Morgan fingerprint density at radius 1 is 1.25 bits per heavy atom. The fourth-order valence-electron chi connectivity index (χ4n) is 1.87. The maximum Gasteiger partial charge on any atom is 0.230 e. The molecule has 0 saturated carbocycles. The molecule has 0 saturated heterocycles. The Morgan fingerprint density at radius 3 is 2.75 bits per heavy atom. The highest BCUT2D eigenvalue weighted by Crippen LogP contribution is 2.27. The van der Waals surface area contributed by atoms with Gasteiger partial charge in [0.2, 0.25) is 11.9 Å². The van der Waals surface area contributed by atoms with Crippen molar-refractivity contribution < 1.29 is 0 Å². The van der Waals surface area contributed by atoms with Gasteiger partial charge in [0.1, 0.15) is 11.1 Å². The molecule has 3 heterocycles. The molecule has 0 unspecified atom stereocenters. The SMILES string of the molecule is CN(C)c1nc(N)nc(C(C#N)=Cc2csc(-c3ccsc3)n2)n1. The molecule has 24 heavy (non-hydrogen) atoms. The fourth-order valence-corrected chi connectivity index (χ4v) is 3.36. The molecule has 0 atom stereocenters. The molecule has 9 heteroatoms. The average molecular weight is 355 g/mol. The molecular weight excluding hydrogens is 342 g/mol. The first-order chi connectivity index (χ1) is 11.6. The van der Waals surface area contributed by atoms with Crippen LogP contribution in [0.2, 0.25) is 0 Å². The quantitative estimate of drug-likeness (QED) is 0.717. The van der Waals surface area contributed by atoms with E-state index in [0.717, 1.165) is 10.6 Å². The Kier molecular flexibility index (Phi) is 4.50. The summed E-state index contributed by atoms with van der Waals surface area (Å²) in [6.45, 7) is 0. The van der Waals surface area contributed by atoms with Crippen molar-refractivity contribution in [3.63, 3.8) is 0 Å². The predicted molar refractivity (Wildman–Crippen MR) is 97.5 cm³/mol. The smallest absolute Gasteiger partial charge is 0.230 e. The maximum absolute atomic E-state index is 9.46. The number of anilines is 2. The summed E-state index contributed by atoms with van der Waals surface area (Å²) in [5, 5.41) is 16.3. The number of thiophene rings is 1. The van der Waals surface area contributed by atoms with Gasteiger partial charge in [-0.2, -0.15) is 31.6 Å². The molecule has 3 rings (SSSR count). The number of aromatic nitrogens is 4. The van der Waals surface area contributed by atoms with E-state index in [4.69, 9.17) is 5.73 Å². The highest BCUT2D eigenvalue weighted by molar-refractivity contribution is 7.14. The summed E-state index contributed by atoms with van der Waals surface area (Å²) < 4.78 is 0. The van der Waals surface area contributed by atoms with Crippen LogP contribution in [0.3, 0.4) is 0 Å². The second-order valence-electron chi connectivity index (χ2n) is 4.97. The molecule has 0 aliphatic carbocycles. The Labute approximate surface area is 146 Å². The van der Waals surface area contributed by atoms with Crippen molar-refractivity contribution in [1.82, 2.24) is 19.9 Å². The Hall–Kier alpha value is -2.83. The van der Waals surface area contributed by atoms with Crippen molar-refractivity contribution in [2.75, 3.05) is 24.7 Å². The largest absolute Gasteiger partial charge is 0.368 e. The predicted octanol–water partition coefficient (Wildman–Crippen LogP) is 2.77. The highest BCUT2D eigenvalue weighted by Gasteiger charge is 2.12. The van der Waals surface area contributed by atoms with Gasteiger partial charge in [0.15, 0.2) is 5.82 Å². The van der Waals surface area contributed by atoms with E-state index in [1.165, 1.54) is 11.3 Å². The zero-order valence-electron chi connectivity index (χ0n) is 13.0. The van der Waals surface area contributed by atoms with Crippen LogP contribution in [0.5, 0.6) is 0 Å². The molecule has 0 aliphatic rings. The minimum absolute atomic E-state index is 0.0714. The summed E-state index contributed by atoms with van der Waals surface area (Å²) in [5.41, 5.74) is 7.76. The van der Waals surface area contributed by atoms with Crippen LogP contribution in [-0.4, -0.2) is 34.0 Å². The number of allylic oxidation sites excluding steroid dienone is 1. The van der Waals surface area contributed by atoms with Crippen LogP contribution < -0.4 is 10.6 Å². The summed E-state index contributed by atoms with van der Waals surface area (Å²) in [4.78, 5) is 18.6. The number of thiazole rings is 1. The van der Waals surface area contributed by atoms with E-state index >= 15 is 0 Å². The average Bonchev–Trinajstić information content (AvgIpc) is 3.23. The Bertz CT molecular complexity index is 920. The summed E-state index contributed by atoms with van der Waals surface area (Å²) in [6.07, 6.45) is 1.65. The van der Waals surface area contributed by atoms with Crippen LogP contribution >= 0.6 is 22.7 Å². The van der Waals surface area contributed by atoms with Crippen LogP contribution in [0.15, 0.2) is 22.2 Å². The van der Waals surface area contributed by atoms with Crippen molar-refractivity contribution in [2.45, 2.75) is 0 Å². The van der Waals surface area contributed by atoms with Gasteiger partial charge in [-0.05, 0) is 17.5 Å². The van der Waals surface area contributed by atoms with Gasteiger partial charge >= 0.3 is 0 Å². The minimum atomic E-state index is 0.0714. The van der Waals surface area contributed by atoms with E-state index in [0.29, 0.717) is 11.6 Å². The normalized spacial score (nSPS) is 11.3. The fraction of sp³-hybridized carbons (Fsp3) is 0.133. The summed E-state index contributed by atoms with van der Waals surface area (Å²) in [6, 6.07) is 4.12. The lowest BCUT2D eigenvalue weighted by atomic mass is 10.2. The topological polar surface area (TPSA) is 105 Å². The molecule has 0 bridgehead atoms. The van der Waals surface area contributed by atoms with Crippen molar-refractivity contribution in [1.29, 1.82) is 5.26 Å². The first-order valence-electron chi connectivity index (χ1n) is 6.86. The van der Waals surface area contributed by atoms with Crippen molar-refractivity contribution in [3.8, 4) is 16.6 Å². The van der Waals surface area contributed by atoms with E-state index in [9.17, 15) is 5.26 Å². The number of nitriles is 1. The lowest BCUT2D eigenvalue weighted by Crippen LogP contribution is -2.15. The third-order valence-electron chi connectivity index (χ3n) is 2.98. The van der Waals surface area contributed by atoms with E-state index in [1.807, 2.05) is 22.2 Å². The van der Waals surface area contributed by atoms with E-state index < -0.39 is 0 Å². The van der Waals surface area contributed by atoms with E-state index in [-0.39, 0.29) is 17.3 Å². The van der Waals surface area contributed by atoms with Crippen LogP contribution in [0.1, 0.15) is 11.5 Å². The molecule has 120 valence electrons. The standard InChI is InChI=1S/C15H13N7S2/c1-22(2)15-20-12(19-14(17)21-15)10(6-16)5-11-8-24-13(18-11)9-3-4-23-7-9/h3-5,7-8H,1-2H3,(H2,17,19,20,21). The van der Waals surface area contributed by atoms with Crippen molar-refractivity contribution >= 4 is 46.2 Å². The zero-order chi connectivity index (χ0) is 17.1. The highest BCUT2D eigenvalue weighted by atomic mass is 32.1. The van der Waals surface area contributed by atoms with Gasteiger partial charge in [0, 0.05) is 30.4 Å². The van der Waals surface area contributed by atoms with Gasteiger partial charge < -0.3 is 10.6 Å². The van der Waals surface area contributed by atoms with Gasteiger partial charge in [0.25, 0.3) is 0 Å². The van der Waals surface area contributed by atoms with Gasteiger partial charge in [-0.3, -0.25) is 0 Å². The van der Waals surface area contributed by atoms with Crippen LogP contribution in [0.25, 0.3) is 22.2 Å². The van der Waals surface area contributed by atoms with Crippen molar-refractivity contribution in [3.05, 3.63) is 33.7 Å². The number of nitrogens with two attached hydrogens (primary N) is 1. The number of nitrogen functional groups attached to an aromatic ring is 1. The van der Waals surface area contributed by atoms with Gasteiger partial charge in [-0.25, -0.2) is 4.98 Å². The molecule has 0 fully saturated rings. The number of nitrogens with zero attached hydrogens (tertiary/aromatic N) is 6. The minimum Gasteiger partial charge on any atom is -0.368 e. The first-order valence-corrected chi connectivity index (χ1v) is 8.68. The second kappa shape index (κ2) is 6.74. The summed E-state index contributed by atoms with van der Waals surface area (Å²) >= 11 is 3.14. The summed E-state index contributed by atoms with van der Waals surface area (Å²) in [5.74, 6) is 0.705. The number of rotatable bonds is 4. The lowest BCUT2D eigenvalue weighted by Gasteiger charge is -2.10. The number of hydrogen-bond acceptors (Lipinski definition) is 9. The molecule has 0 radical (unpaired) electrons. The van der Waals surface area contributed by atoms with Crippen molar-refractivity contribution in [2.24, 2.45) is 0 Å². The molecule has 0 aromatic carbocycles. The molecular formula is C15H13N7S2. The first kappa shape index (κ1) is 16.0. The number of hydrogen-bond donors (Lipinski definition) is 1. The molecule has 3 aromatic heterocycles. The second-order valence-corrected chi connectivity index (χ2v) is 6.61. The lowest BCUT2D eigenvalue weighted by molar-refractivity contribution is 0.952. The van der Waals surface area contributed by atoms with Crippen LogP contribution in [-0.2, 0) is 0 Å². The molecule has 7 nitrogen and oxygen atoms in total. The molecule has 0 spiro atoms. The van der Waals surface area contributed by atoms with Crippen LogP contribution in [0.4, 0.5) is 11.9 Å². The molecule has 0 aliphatic heterocycles. The van der Waals surface area contributed by atoms with Gasteiger partial charge in [-0.1, -0.05) is 0 Å². The van der Waals surface area contributed by atoms with Gasteiger partial charge in [0.05, 0.1) is 11.3 Å². The van der Waals surface area contributed by atoms with E-state index in [1.54, 1.807) is 36.4 Å². The Balaban J connectivity index is 1.97. The monoisotopic (exact) mass is 355 g/mol.